The van der Waals surface area contributed by atoms with Gasteiger partial charge in [0, 0.05) is 13.1 Å². The number of thioether (sulfide) groups is 1. The first kappa shape index (κ1) is 30.6. The van der Waals surface area contributed by atoms with Gasteiger partial charge in [0.1, 0.15) is 17.7 Å². The van der Waals surface area contributed by atoms with Crippen LogP contribution in [0.3, 0.4) is 0 Å². The zero-order valence-electron chi connectivity index (χ0n) is 22.4. The quantitative estimate of drug-likeness (QED) is 0.293. The highest BCUT2D eigenvalue weighted by Crippen LogP contribution is 2.27. The van der Waals surface area contributed by atoms with E-state index in [0.717, 1.165) is 29.5 Å². The number of rotatable bonds is 13. The molecule has 0 aromatic heterocycles. The Bertz CT molecular complexity index is 866. The van der Waals surface area contributed by atoms with Crippen molar-refractivity contribution in [1.29, 1.82) is 0 Å². The maximum Gasteiger partial charge on any atom is 0.408 e. The molecule has 0 heterocycles. The molecule has 2 N–H and O–H groups in total. The molecule has 0 saturated carbocycles. The number of nitrogens with one attached hydrogen (secondary N) is 2. The number of aryl methyl sites for hydroxylation is 2. The number of carbonyl (C=O) groups excluding carboxylic acids is 3. The van der Waals surface area contributed by atoms with Gasteiger partial charge in [-0.2, -0.15) is 11.8 Å². The molecule has 0 bridgehead atoms. The van der Waals surface area contributed by atoms with Crippen molar-refractivity contribution in [1.82, 2.24) is 15.5 Å². The largest absolute Gasteiger partial charge is 0.444 e. The molecule has 196 valence electrons. The molecular weight excluding hydrogens is 462 g/mol. The van der Waals surface area contributed by atoms with Crippen LogP contribution in [0.4, 0.5) is 4.79 Å². The van der Waals surface area contributed by atoms with Crippen LogP contribution in [0.2, 0.25) is 0 Å². The topological polar surface area (TPSA) is 87.7 Å². The van der Waals surface area contributed by atoms with Crippen LogP contribution in [0.1, 0.15) is 69.7 Å². The number of benzene rings is 1. The monoisotopic (exact) mass is 505 g/mol. The number of hydrogen-bond donors (Lipinski definition) is 2. The van der Waals surface area contributed by atoms with Crippen molar-refractivity contribution in [2.45, 2.75) is 78.5 Å². The highest BCUT2D eigenvalue weighted by molar-refractivity contribution is 7.98. The van der Waals surface area contributed by atoms with Crippen LogP contribution < -0.4 is 10.6 Å². The van der Waals surface area contributed by atoms with Crippen molar-refractivity contribution in [2.75, 3.05) is 25.1 Å². The summed E-state index contributed by atoms with van der Waals surface area (Å²) >= 11 is 1.58. The third-order valence-corrected chi connectivity index (χ3v) is 5.97. The van der Waals surface area contributed by atoms with E-state index in [1.54, 1.807) is 38.6 Å². The fourth-order valence-corrected chi connectivity index (χ4v) is 4.07. The van der Waals surface area contributed by atoms with Crippen molar-refractivity contribution in [3.63, 3.8) is 0 Å². The molecule has 3 amide bonds. The van der Waals surface area contributed by atoms with Gasteiger partial charge in [-0.05, 0) is 70.6 Å². The lowest BCUT2D eigenvalue weighted by molar-refractivity contribution is -0.141. The lowest BCUT2D eigenvalue weighted by atomic mass is 9.96. The van der Waals surface area contributed by atoms with Crippen LogP contribution in [-0.2, 0) is 14.3 Å². The highest BCUT2D eigenvalue weighted by Gasteiger charge is 2.36. The first-order valence-electron chi connectivity index (χ1n) is 12.2. The summed E-state index contributed by atoms with van der Waals surface area (Å²) in [5.41, 5.74) is 1.97. The van der Waals surface area contributed by atoms with Crippen LogP contribution >= 0.6 is 11.8 Å². The van der Waals surface area contributed by atoms with E-state index in [2.05, 4.69) is 24.1 Å². The molecule has 0 saturated heterocycles. The van der Waals surface area contributed by atoms with Gasteiger partial charge in [-0.3, -0.25) is 9.59 Å². The summed E-state index contributed by atoms with van der Waals surface area (Å²) in [5.74, 6) is 0.0647. The number of nitrogens with zero attached hydrogens (tertiary/aromatic N) is 1. The average Bonchev–Trinajstić information content (AvgIpc) is 2.77. The van der Waals surface area contributed by atoms with Gasteiger partial charge >= 0.3 is 6.09 Å². The maximum atomic E-state index is 13.9. The molecular formula is C27H43N3O4S. The Morgan fingerprint density at radius 2 is 1.91 bits per heavy atom. The van der Waals surface area contributed by atoms with Gasteiger partial charge in [-0.15, -0.1) is 6.58 Å². The zero-order valence-corrected chi connectivity index (χ0v) is 23.2. The Balaban J connectivity index is 3.44. The van der Waals surface area contributed by atoms with Gasteiger partial charge in [0.25, 0.3) is 0 Å². The molecule has 2 unspecified atom stereocenters. The van der Waals surface area contributed by atoms with E-state index < -0.39 is 23.8 Å². The first-order chi connectivity index (χ1) is 16.4. The van der Waals surface area contributed by atoms with Crippen LogP contribution in [0.5, 0.6) is 0 Å². The summed E-state index contributed by atoms with van der Waals surface area (Å²) in [5, 5.41) is 5.73. The number of ether oxygens (including phenoxy) is 1. The molecule has 8 heteroatoms. The minimum absolute atomic E-state index is 0.157. The normalized spacial score (nSPS) is 12.9. The Morgan fingerprint density at radius 3 is 2.49 bits per heavy atom. The molecule has 0 aliphatic rings. The predicted octanol–water partition coefficient (Wildman–Crippen LogP) is 4.92. The molecule has 1 rings (SSSR count). The summed E-state index contributed by atoms with van der Waals surface area (Å²) in [7, 11) is 0. The fraction of sp³-hybridized carbons (Fsp3) is 0.593. The third-order valence-electron chi connectivity index (χ3n) is 5.33. The van der Waals surface area contributed by atoms with Gasteiger partial charge in [0.2, 0.25) is 11.8 Å². The van der Waals surface area contributed by atoms with E-state index in [1.165, 1.54) is 4.90 Å². The Kier molecular flexibility index (Phi) is 12.9. The summed E-state index contributed by atoms with van der Waals surface area (Å²) in [6.07, 6.45) is 5.08. The standard InChI is InChI=1S/C27H43N3O4S/c1-9-11-15-28-24(31)23(21-18-19(3)12-13-20(21)4)30(16-10-2)25(32)22(14-17-35-8)29-26(33)34-27(5,6)7/h10,12-13,18,22-23H,2,9,11,14-17H2,1,3-8H3,(H,28,31)(H,29,33). The lowest BCUT2D eigenvalue weighted by Gasteiger charge is -2.34. The third kappa shape index (κ3) is 10.3. The van der Waals surface area contributed by atoms with Crippen molar-refractivity contribution in [3.05, 3.63) is 47.5 Å². The van der Waals surface area contributed by atoms with Crippen molar-refractivity contribution in [3.8, 4) is 0 Å². The Labute approximate surface area is 215 Å². The number of carbonyl (C=O) groups is 3. The molecule has 0 spiro atoms. The van der Waals surface area contributed by atoms with E-state index >= 15 is 0 Å². The van der Waals surface area contributed by atoms with Crippen LogP contribution in [0, 0.1) is 13.8 Å². The van der Waals surface area contributed by atoms with Gasteiger partial charge in [-0.1, -0.05) is 43.2 Å². The first-order valence-corrected chi connectivity index (χ1v) is 13.6. The minimum atomic E-state index is -0.852. The Morgan fingerprint density at radius 1 is 1.23 bits per heavy atom. The summed E-state index contributed by atoms with van der Waals surface area (Å²) in [6, 6.07) is 4.19. The summed E-state index contributed by atoms with van der Waals surface area (Å²) in [4.78, 5) is 41.5. The van der Waals surface area contributed by atoms with Gasteiger partial charge < -0.3 is 20.3 Å². The zero-order chi connectivity index (χ0) is 26.6. The fourth-order valence-electron chi connectivity index (χ4n) is 3.59. The number of hydrogen-bond acceptors (Lipinski definition) is 5. The number of unbranched alkanes of at least 4 members (excludes halogenated alkanes) is 1. The average molecular weight is 506 g/mol. The molecule has 1 aromatic rings. The van der Waals surface area contributed by atoms with Crippen molar-refractivity contribution >= 4 is 29.7 Å². The summed E-state index contributed by atoms with van der Waals surface area (Å²) in [6.45, 7) is 15.8. The van der Waals surface area contributed by atoms with E-state index in [0.29, 0.717) is 18.7 Å². The van der Waals surface area contributed by atoms with Crippen LogP contribution in [-0.4, -0.2) is 59.5 Å². The summed E-state index contributed by atoms with van der Waals surface area (Å²) < 4.78 is 5.40. The molecule has 0 radical (unpaired) electrons. The van der Waals surface area contributed by atoms with E-state index in [-0.39, 0.29) is 18.4 Å². The van der Waals surface area contributed by atoms with E-state index in [4.69, 9.17) is 4.74 Å². The van der Waals surface area contributed by atoms with E-state index in [9.17, 15) is 14.4 Å². The minimum Gasteiger partial charge on any atom is -0.444 e. The Hall–Kier alpha value is -2.48. The smallest absolute Gasteiger partial charge is 0.408 e. The lowest BCUT2D eigenvalue weighted by Crippen LogP contribution is -2.53. The SMILES string of the molecule is C=CCN(C(=O)C(CCSC)NC(=O)OC(C)(C)C)C(C(=O)NCCCC)c1cc(C)ccc1C. The van der Waals surface area contributed by atoms with Gasteiger partial charge in [-0.25, -0.2) is 4.79 Å². The molecule has 0 aliphatic carbocycles. The molecule has 35 heavy (non-hydrogen) atoms. The van der Waals surface area contributed by atoms with Gasteiger partial charge in [0.05, 0.1) is 0 Å². The van der Waals surface area contributed by atoms with Gasteiger partial charge in [0.15, 0.2) is 0 Å². The number of amides is 3. The second-order valence-electron chi connectivity index (χ2n) is 9.67. The molecule has 0 aliphatic heterocycles. The molecule has 0 fully saturated rings. The second kappa shape index (κ2) is 14.8. The van der Waals surface area contributed by atoms with Crippen molar-refractivity contribution < 1.29 is 19.1 Å². The predicted molar refractivity (Wildman–Crippen MR) is 145 cm³/mol. The number of alkyl carbamates (subject to hydrolysis) is 1. The molecule has 2 atom stereocenters. The molecule has 7 nitrogen and oxygen atoms in total. The highest BCUT2D eigenvalue weighted by atomic mass is 32.2. The van der Waals surface area contributed by atoms with E-state index in [1.807, 2.05) is 38.3 Å². The van der Waals surface area contributed by atoms with Crippen LogP contribution in [0.25, 0.3) is 0 Å². The van der Waals surface area contributed by atoms with Crippen molar-refractivity contribution in [2.24, 2.45) is 0 Å². The van der Waals surface area contributed by atoms with Crippen LogP contribution in [0.15, 0.2) is 30.9 Å². The maximum absolute atomic E-state index is 13.9. The molecule has 1 aromatic carbocycles. The second-order valence-corrected chi connectivity index (χ2v) is 10.7.